The SMILES string of the molecule is Cc1ccc(C(C)C)c(-n2c(C)csc2=NC(=O)NCCC(C)Cc2ccc(-c3ncn(-c4ccc(CC(F)(F)F)cc4)n3)cc2)c1. The molecule has 3 aromatic carbocycles. The molecule has 11 heteroatoms. The summed E-state index contributed by atoms with van der Waals surface area (Å²) in [5, 5.41) is 9.49. The first-order valence-electron chi connectivity index (χ1n) is 15.6. The van der Waals surface area contributed by atoms with Crippen LogP contribution in [0, 0.1) is 19.8 Å². The zero-order chi connectivity index (χ0) is 33.7. The zero-order valence-electron chi connectivity index (χ0n) is 27.2. The molecular formula is C36H39F3N6OS. The molecule has 2 aromatic heterocycles. The number of amides is 2. The van der Waals surface area contributed by atoms with Crippen LogP contribution in [0.3, 0.4) is 0 Å². The van der Waals surface area contributed by atoms with E-state index in [1.165, 1.54) is 29.0 Å². The number of nitrogens with one attached hydrogen (secondary N) is 1. The zero-order valence-corrected chi connectivity index (χ0v) is 28.0. The van der Waals surface area contributed by atoms with Crippen LogP contribution in [0.5, 0.6) is 0 Å². The van der Waals surface area contributed by atoms with Crippen molar-refractivity contribution in [2.75, 3.05) is 6.54 Å². The number of carbonyl (C=O) groups excluding carboxylic acids is 1. The first kappa shape index (κ1) is 33.8. The van der Waals surface area contributed by atoms with Gasteiger partial charge < -0.3 is 5.32 Å². The molecule has 7 nitrogen and oxygen atoms in total. The lowest BCUT2D eigenvalue weighted by molar-refractivity contribution is -0.127. The van der Waals surface area contributed by atoms with Crippen molar-refractivity contribution < 1.29 is 18.0 Å². The molecule has 47 heavy (non-hydrogen) atoms. The van der Waals surface area contributed by atoms with Crippen LogP contribution in [0.2, 0.25) is 0 Å². The molecule has 5 rings (SSSR count). The van der Waals surface area contributed by atoms with E-state index in [9.17, 15) is 18.0 Å². The Hall–Kier alpha value is -4.51. The van der Waals surface area contributed by atoms with Gasteiger partial charge in [-0.15, -0.1) is 16.4 Å². The predicted molar refractivity (Wildman–Crippen MR) is 180 cm³/mol. The summed E-state index contributed by atoms with van der Waals surface area (Å²) in [6.45, 7) is 11.1. The van der Waals surface area contributed by atoms with E-state index in [2.05, 4.69) is 70.9 Å². The fourth-order valence-electron chi connectivity index (χ4n) is 5.46. The third-order valence-corrected chi connectivity index (χ3v) is 8.88. The van der Waals surface area contributed by atoms with Crippen molar-refractivity contribution in [3.05, 3.63) is 111 Å². The number of aryl methyl sites for hydroxylation is 2. The number of hydrogen-bond donors (Lipinski definition) is 1. The average Bonchev–Trinajstić information content (AvgIpc) is 3.64. The molecule has 0 spiro atoms. The second-order valence-electron chi connectivity index (χ2n) is 12.3. The van der Waals surface area contributed by atoms with Gasteiger partial charge in [0.25, 0.3) is 0 Å². The molecule has 0 aliphatic heterocycles. The van der Waals surface area contributed by atoms with Crippen LogP contribution in [0.4, 0.5) is 18.0 Å². The van der Waals surface area contributed by atoms with Crippen LogP contribution in [0.1, 0.15) is 61.1 Å². The summed E-state index contributed by atoms with van der Waals surface area (Å²) >= 11 is 1.46. The highest BCUT2D eigenvalue weighted by atomic mass is 32.1. The van der Waals surface area contributed by atoms with E-state index in [0.29, 0.717) is 34.7 Å². The number of alkyl halides is 3. The normalized spacial score (nSPS) is 12.9. The van der Waals surface area contributed by atoms with E-state index in [1.54, 1.807) is 23.1 Å². The Morgan fingerprint density at radius 1 is 0.979 bits per heavy atom. The van der Waals surface area contributed by atoms with Gasteiger partial charge in [0, 0.05) is 23.2 Å². The predicted octanol–water partition coefficient (Wildman–Crippen LogP) is 8.51. The third-order valence-electron chi connectivity index (χ3n) is 7.93. The van der Waals surface area contributed by atoms with Crippen molar-refractivity contribution in [3.63, 3.8) is 0 Å². The summed E-state index contributed by atoms with van der Waals surface area (Å²) in [7, 11) is 0. The van der Waals surface area contributed by atoms with Gasteiger partial charge in [-0.05, 0) is 79.0 Å². The maximum atomic E-state index is 12.8. The van der Waals surface area contributed by atoms with Gasteiger partial charge in [0.15, 0.2) is 10.6 Å². The molecule has 0 saturated heterocycles. The molecule has 2 heterocycles. The van der Waals surface area contributed by atoms with E-state index in [-0.39, 0.29) is 11.6 Å². The first-order chi connectivity index (χ1) is 22.4. The van der Waals surface area contributed by atoms with Crippen LogP contribution < -0.4 is 10.1 Å². The van der Waals surface area contributed by atoms with Gasteiger partial charge >= 0.3 is 12.2 Å². The Bertz CT molecular complexity index is 1890. The highest BCUT2D eigenvalue weighted by Gasteiger charge is 2.27. The topological polar surface area (TPSA) is 77.1 Å². The molecule has 0 saturated carbocycles. The Labute approximate surface area is 276 Å². The van der Waals surface area contributed by atoms with Gasteiger partial charge in [-0.1, -0.05) is 69.3 Å². The number of halogens is 3. The van der Waals surface area contributed by atoms with Crippen molar-refractivity contribution in [3.8, 4) is 22.8 Å². The first-order valence-corrected chi connectivity index (χ1v) is 16.5. The summed E-state index contributed by atoms with van der Waals surface area (Å²) in [6, 6.07) is 20.2. The minimum absolute atomic E-state index is 0.198. The molecular weight excluding hydrogens is 621 g/mol. The molecule has 1 unspecified atom stereocenters. The summed E-state index contributed by atoms with van der Waals surface area (Å²) < 4.78 is 41.6. The van der Waals surface area contributed by atoms with Crippen LogP contribution in [0.25, 0.3) is 22.8 Å². The second-order valence-corrected chi connectivity index (χ2v) is 13.2. The lowest BCUT2D eigenvalue weighted by Crippen LogP contribution is -2.26. The molecule has 2 amide bonds. The maximum absolute atomic E-state index is 12.8. The molecule has 1 N–H and O–H groups in total. The molecule has 5 aromatic rings. The van der Waals surface area contributed by atoms with Crippen molar-refractivity contribution in [1.29, 1.82) is 0 Å². The number of benzene rings is 3. The maximum Gasteiger partial charge on any atom is 0.393 e. The van der Waals surface area contributed by atoms with E-state index in [1.807, 2.05) is 36.6 Å². The lowest BCUT2D eigenvalue weighted by atomic mass is 9.97. The molecule has 0 radical (unpaired) electrons. The Balaban J connectivity index is 1.15. The van der Waals surface area contributed by atoms with Crippen LogP contribution in [-0.4, -0.2) is 38.1 Å². The highest BCUT2D eigenvalue weighted by molar-refractivity contribution is 7.07. The van der Waals surface area contributed by atoms with Gasteiger partial charge in [-0.25, -0.2) is 14.5 Å². The molecule has 0 fully saturated rings. The second kappa shape index (κ2) is 14.5. The van der Waals surface area contributed by atoms with Crippen molar-refractivity contribution in [2.45, 2.75) is 66.0 Å². The lowest BCUT2D eigenvalue weighted by Gasteiger charge is -2.16. The molecule has 246 valence electrons. The molecule has 0 aliphatic rings. The molecule has 0 aliphatic carbocycles. The highest BCUT2D eigenvalue weighted by Crippen LogP contribution is 2.26. The smallest absolute Gasteiger partial charge is 0.336 e. The minimum atomic E-state index is -4.24. The fraction of sp³-hybridized carbons (Fsp3) is 0.333. The average molecular weight is 661 g/mol. The molecule has 1 atom stereocenters. The number of urea groups is 1. The Kier molecular flexibility index (Phi) is 10.4. The standard InChI is InChI=1S/C36H39F3N6OS/c1-23(2)31-15-6-24(3)19-32(31)45-26(5)21-47-35(45)42-34(46)40-17-16-25(4)18-27-7-11-29(12-8-27)33-41-22-44(43-33)30-13-9-28(10-14-30)20-36(37,38)39/h6-15,19,21-23,25H,16-18,20H2,1-5H3,(H,40,46). The molecule has 0 bridgehead atoms. The summed E-state index contributed by atoms with van der Waals surface area (Å²) in [5.74, 6) is 1.19. The van der Waals surface area contributed by atoms with Crippen molar-refractivity contribution >= 4 is 17.4 Å². The van der Waals surface area contributed by atoms with E-state index >= 15 is 0 Å². The quantitative estimate of drug-likeness (QED) is 0.163. The third kappa shape index (κ3) is 8.85. The Morgan fingerprint density at radius 2 is 1.68 bits per heavy atom. The summed E-state index contributed by atoms with van der Waals surface area (Å²) in [5.41, 5.74) is 7.30. The van der Waals surface area contributed by atoms with Gasteiger partial charge in [0.2, 0.25) is 0 Å². The summed E-state index contributed by atoms with van der Waals surface area (Å²) in [4.78, 5) is 22.3. The number of nitrogens with zero attached hydrogens (tertiary/aromatic N) is 5. The van der Waals surface area contributed by atoms with E-state index < -0.39 is 12.6 Å². The summed E-state index contributed by atoms with van der Waals surface area (Å²) in [6.07, 6.45) is -2.01. The number of thiazole rings is 1. The van der Waals surface area contributed by atoms with Gasteiger partial charge in [0.1, 0.15) is 6.33 Å². The fourth-order valence-corrected chi connectivity index (χ4v) is 6.33. The monoisotopic (exact) mass is 660 g/mol. The number of rotatable bonds is 10. The van der Waals surface area contributed by atoms with Crippen molar-refractivity contribution in [1.82, 2.24) is 24.6 Å². The minimum Gasteiger partial charge on any atom is -0.336 e. The van der Waals surface area contributed by atoms with Gasteiger partial charge in [-0.3, -0.25) is 4.57 Å². The van der Waals surface area contributed by atoms with Crippen LogP contribution >= 0.6 is 11.3 Å². The number of carbonyl (C=O) groups is 1. The van der Waals surface area contributed by atoms with E-state index in [0.717, 1.165) is 40.9 Å². The van der Waals surface area contributed by atoms with Gasteiger partial charge in [0.05, 0.1) is 17.8 Å². The number of hydrogen-bond acceptors (Lipinski definition) is 4. The van der Waals surface area contributed by atoms with Crippen molar-refractivity contribution in [2.24, 2.45) is 10.9 Å². The number of aromatic nitrogens is 4. The van der Waals surface area contributed by atoms with Gasteiger partial charge in [-0.2, -0.15) is 18.2 Å². The largest absolute Gasteiger partial charge is 0.393 e. The van der Waals surface area contributed by atoms with Crippen LogP contribution in [0.15, 0.2) is 83.4 Å². The van der Waals surface area contributed by atoms with E-state index in [4.69, 9.17) is 0 Å². The van der Waals surface area contributed by atoms with Crippen LogP contribution in [-0.2, 0) is 12.8 Å². The Morgan fingerprint density at radius 3 is 2.36 bits per heavy atom.